The minimum atomic E-state index is -1.80. The van der Waals surface area contributed by atoms with Crippen molar-refractivity contribution in [3.05, 3.63) is 11.8 Å². The van der Waals surface area contributed by atoms with Crippen LogP contribution in [0.15, 0.2) is 10.7 Å². The molecule has 25 heavy (non-hydrogen) atoms. The Morgan fingerprint density at radius 3 is 2.12 bits per heavy atom. The zero-order valence-corrected chi connectivity index (χ0v) is 17.8. The van der Waals surface area contributed by atoms with Crippen LogP contribution in [0.1, 0.15) is 40.2 Å². The van der Waals surface area contributed by atoms with E-state index in [1.165, 1.54) is 6.26 Å². The van der Waals surface area contributed by atoms with Gasteiger partial charge in [-0.05, 0) is 32.1 Å². The van der Waals surface area contributed by atoms with Gasteiger partial charge in [0.05, 0.1) is 17.0 Å². The first-order chi connectivity index (χ1) is 11.6. The number of hydrogen-bond donors (Lipinski definition) is 2. The molecule has 6 nitrogen and oxygen atoms in total. The highest BCUT2D eigenvalue weighted by atomic mass is 28.3. The Hall–Kier alpha value is -1.15. The highest BCUT2D eigenvalue weighted by Crippen LogP contribution is 2.32. The molecule has 2 unspecified atom stereocenters. The molecule has 0 aliphatic carbocycles. The van der Waals surface area contributed by atoms with E-state index in [0.717, 1.165) is 29.1 Å². The first-order valence-corrected chi connectivity index (χ1v) is 11.9. The van der Waals surface area contributed by atoms with Crippen molar-refractivity contribution in [2.45, 2.75) is 65.2 Å². The molecule has 2 N–H and O–H groups in total. The summed E-state index contributed by atoms with van der Waals surface area (Å²) < 4.78 is 4.84. The average Bonchev–Trinajstić information content (AvgIpc) is 3.01. The molecule has 2 atom stereocenters. The number of rotatable bonds is 9. The van der Waals surface area contributed by atoms with Crippen LogP contribution in [0, 0.1) is 0 Å². The highest BCUT2D eigenvalue weighted by Gasteiger charge is 2.47. The summed E-state index contributed by atoms with van der Waals surface area (Å²) in [6, 6.07) is 3.04. The van der Waals surface area contributed by atoms with E-state index in [1.54, 1.807) is 0 Å². The van der Waals surface area contributed by atoms with Crippen molar-refractivity contribution in [3.8, 4) is 0 Å². The van der Waals surface area contributed by atoms with Crippen LogP contribution in [0.4, 0.5) is 10.5 Å². The molecule has 7 heteroatoms. The number of hydrogen-bond acceptors (Lipinski definition) is 4. The van der Waals surface area contributed by atoms with Crippen molar-refractivity contribution in [2.75, 3.05) is 20.6 Å². The molecule has 1 rings (SSSR count). The van der Waals surface area contributed by atoms with Crippen LogP contribution in [0.25, 0.3) is 0 Å². The fourth-order valence-electron chi connectivity index (χ4n) is 3.53. The molecule has 144 valence electrons. The number of hydroxylamine groups is 2. The van der Waals surface area contributed by atoms with Gasteiger partial charge in [0.1, 0.15) is 14.6 Å². The van der Waals surface area contributed by atoms with E-state index in [9.17, 15) is 15.1 Å². The van der Waals surface area contributed by atoms with E-state index in [0.29, 0.717) is 12.1 Å². The second-order valence-corrected chi connectivity index (χ2v) is 12.3. The standard InChI is InChI=1S/C18H34N2O4Si/c1-8-15-16(13-24-17(15)25(9-2,10-3)11-4)20(23,18(21)22)12-14(5)19(6)7/h13-14,23H,8-12H2,1-7H3/p+1. The molecule has 0 saturated carbocycles. The van der Waals surface area contributed by atoms with Gasteiger partial charge >= 0.3 is 6.09 Å². The molecule has 0 saturated heterocycles. The normalized spacial score (nSPS) is 16.0. The zero-order valence-electron chi connectivity index (χ0n) is 16.8. The summed E-state index contributed by atoms with van der Waals surface area (Å²) in [4.78, 5) is 13.9. The predicted octanol–water partition coefficient (Wildman–Crippen LogP) is 3.88. The van der Waals surface area contributed by atoms with Gasteiger partial charge in [0.25, 0.3) is 0 Å². The molecule has 0 aliphatic rings. The molecular formula is C18H35N2O4Si+. The molecule has 1 amide bonds. The summed E-state index contributed by atoms with van der Waals surface area (Å²) >= 11 is 0. The topological polar surface area (TPSA) is 73.9 Å². The SMILES string of the molecule is CCc1c([N+](O)(CC(C)N(C)C)C(=O)O)coc1[Si](CC)(CC)CC. The lowest BCUT2D eigenvalue weighted by Gasteiger charge is -2.30. The fraction of sp³-hybridized carbons (Fsp3) is 0.722. The summed E-state index contributed by atoms with van der Waals surface area (Å²) in [5.74, 6) is 0. The Bertz CT molecular complexity index is 575. The molecule has 0 spiro atoms. The number of carbonyl (C=O) groups is 1. The molecule has 1 aromatic rings. The summed E-state index contributed by atoms with van der Waals surface area (Å²) in [5.41, 5.74) is 1.26. The van der Waals surface area contributed by atoms with Gasteiger partial charge in [-0.1, -0.05) is 45.8 Å². The molecule has 1 aromatic heterocycles. The number of quaternary nitrogens is 1. The van der Waals surface area contributed by atoms with Gasteiger partial charge in [-0.25, -0.2) is 5.21 Å². The van der Waals surface area contributed by atoms with Crippen LogP contribution in [-0.2, 0) is 6.42 Å². The Balaban J connectivity index is 3.52. The van der Waals surface area contributed by atoms with Crippen LogP contribution in [-0.4, -0.2) is 56.1 Å². The lowest BCUT2D eigenvalue weighted by molar-refractivity contribution is -0.0666. The smallest absolute Gasteiger partial charge is 0.468 e. The molecule has 0 fully saturated rings. The zero-order chi connectivity index (χ0) is 19.4. The van der Waals surface area contributed by atoms with Crippen LogP contribution in [0.2, 0.25) is 18.1 Å². The second kappa shape index (κ2) is 8.49. The number of likely N-dealkylation sites (N-methyl/N-ethyl adjacent to an activating group) is 1. The lowest BCUT2D eigenvalue weighted by atomic mass is 10.2. The van der Waals surface area contributed by atoms with Crippen molar-refractivity contribution in [3.63, 3.8) is 0 Å². The van der Waals surface area contributed by atoms with Crippen molar-refractivity contribution in [1.82, 2.24) is 9.55 Å². The van der Waals surface area contributed by atoms with E-state index in [-0.39, 0.29) is 12.6 Å². The number of furan rings is 1. The second-order valence-electron chi connectivity index (χ2n) is 7.17. The maximum Gasteiger partial charge on any atom is 0.552 e. The van der Waals surface area contributed by atoms with Gasteiger partial charge < -0.3 is 14.4 Å². The molecule has 0 radical (unpaired) electrons. The Morgan fingerprint density at radius 2 is 1.76 bits per heavy atom. The number of carboxylic acid groups (broad SMARTS) is 1. The van der Waals surface area contributed by atoms with Gasteiger partial charge in [0.15, 0.2) is 6.26 Å². The third-order valence-electron chi connectivity index (χ3n) is 5.86. The van der Waals surface area contributed by atoms with Crippen LogP contribution < -0.4 is 10.0 Å². The predicted molar refractivity (Wildman–Crippen MR) is 105 cm³/mol. The van der Waals surface area contributed by atoms with E-state index in [2.05, 4.69) is 20.8 Å². The summed E-state index contributed by atoms with van der Waals surface area (Å²) in [7, 11) is 1.95. The van der Waals surface area contributed by atoms with Crippen molar-refractivity contribution in [1.29, 1.82) is 0 Å². The van der Waals surface area contributed by atoms with Crippen molar-refractivity contribution >= 4 is 25.2 Å². The van der Waals surface area contributed by atoms with E-state index < -0.39 is 18.8 Å². The number of nitrogens with zero attached hydrogens (tertiary/aromatic N) is 2. The van der Waals surface area contributed by atoms with Crippen molar-refractivity contribution < 1.29 is 19.5 Å². The summed E-state index contributed by atoms with van der Waals surface area (Å²) in [6.07, 6.45) is 0.862. The largest absolute Gasteiger partial charge is 0.552 e. The lowest BCUT2D eigenvalue weighted by Crippen LogP contribution is -2.57. The Kier molecular flexibility index (Phi) is 7.43. The third-order valence-corrected chi connectivity index (χ3v) is 11.3. The van der Waals surface area contributed by atoms with Gasteiger partial charge in [0, 0.05) is 0 Å². The van der Waals surface area contributed by atoms with E-state index >= 15 is 0 Å². The monoisotopic (exact) mass is 371 g/mol. The van der Waals surface area contributed by atoms with Crippen LogP contribution in [0.3, 0.4) is 0 Å². The third kappa shape index (κ3) is 4.00. The van der Waals surface area contributed by atoms with Gasteiger partial charge in [-0.2, -0.15) is 4.79 Å². The minimum absolute atomic E-state index is 0.0627. The molecule has 1 heterocycles. The quantitative estimate of drug-likeness (QED) is 0.298. The number of amides is 1. The van der Waals surface area contributed by atoms with Crippen molar-refractivity contribution in [2.24, 2.45) is 0 Å². The van der Waals surface area contributed by atoms with E-state index in [4.69, 9.17) is 4.42 Å². The summed E-state index contributed by atoms with van der Waals surface area (Å²) in [5, 5.41) is 21.8. The van der Waals surface area contributed by atoms with Gasteiger partial charge in [0.2, 0.25) is 5.69 Å². The molecule has 0 aliphatic heterocycles. The first-order valence-electron chi connectivity index (χ1n) is 9.25. The van der Waals surface area contributed by atoms with Crippen LogP contribution >= 0.6 is 0 Å². The minimum Gasteiger partial charge on any atom is -0.468 e. The highest BCUT2D eigenvalue weighted by molar-refractivity contribution is 6.91. The first kappa shape index (κ1) is 21.9. The van der Waals surface area contributed by atoms with Crippen LogP contribution in [0.5, 0.6) is 0 Å². The Morgan fingerprint density at radius 1 is 1.24 bits per heavy atom. The molecular weight excluding hydrogens is 336 g/mol. The fourth-order valence-corrected chi connectivity index (χ4v) is 7.24. The molecule has 0 aromatic carbocycles. The Labute approximate surface area is 152 Å². The summed E-state index contributed by atoms with van der Waals surface area (Å²) in [6.45, 7) is 10.5. The van der Waals surface area contributed by atoms with E-state index in [1.807, 2.05) is 32.8 Å². The maximum absolute atomic E-state index is 12.0. The van der Waals surface area contributed by atoms with Gasteiger partial charge in [-0.15, -0.1) is 0 Å². The maximum atomic E-state index is 12.0. The average molecular weight is 372 g/mol. The van der Waals surface area contributed by atoms with Gasteiger partial charge in [-0.3, -0.25) is 0 Å². The molecule has 0 bridgehead atoms.